The van der Waals surface area contributed by atoms with Crippen molar-refractivity contribution in [3.63, 3.8) is 0 Å². The van der Waals surface area contributed by atoms with Gasteiger partial charge in [0.25, 0.3) is 5.56 Å². The minimum Gasteiger partial charge on any atom is -0.384 e. The van der Waals surface area contributed by atoms with Crippen LogP contribution in [0.25, 0.3) is 0 Å². The molecule has 11 heteroatoms. The summed E-state index contributed by atoms with van der Waals surface area (Å²) in [6.45, 7) is 3.21. The van der Waals surface area contributed by atoms with Gasteiger partial charge in [0.2, 0.25) is 0 Å². The lowest BCUT2D eigenvalue weighted by Gasteiger charge is -2.16. The molecule has 158 valence electrons. The van der Waals surface area contributed by atoms with Crippen LogP contribution in [0.5, 0.6) is 0 Å². The third-order valence-corrected chi connectivity index (χ3v) is 4.13. The number of carbonyl (C=O) groups excluding carboxylic acids is 1. The summed E-state index contributed by atoms with van der Waals surface area (Å²) in [5, 5.41) is 2.42. The van der Waals surface area contributed by atoms with Crippen molar-refractivity contribution < 1.29 is 22.4 Å². The standard InChI is InChI=1S/C18H20F4N4O3/c1-9(2)8-26-15(23)14(16(28)25(3)17(26)29)13(27)7-24-10-4-5-12(19)11(6-10)18(20,21)22/h4-6,9,24H,7-8,23H2,1-3H3. The SMILES string of the molecule is CC(C)Cn1c(N)c(C(=O)CNc2ccc(F)c(C(F)(F)F)c2)c(=O)n(C)c1=O. The Labute approximate surface area is 162 Å². The van der Waals surface area contributed by atoms with Gasteiger partial charge >= 0.3 is 11.9 Å². The zero-order chi connectivity index (χ0) is 22.1. The predicted octanol–water partition coefficient (Wildman–Crippen LogP) is 2.24. The van der Waals surface area contributed by atoms with Gasteiger partial charge in [0, 0.05) is 19.3 Å². The maximum absolute atomic E-state index is 13.4. The number of nitrogen functional groups attached to an aromatic ring is 1. The van der Waals surface area contributed by atoms with Gasteiger partial charge in [-0.25, -0.2) is 9.18 Å². The third kappa shape index (κ3) is 4.66. The number of aromatic nitrogens is 2. The van der Waals surface area contributed by atoms with E-state index in [0.717, 1.165) is 15.2 Å². The number of nitrogens with two attached hydrogens (primary N) is 1. The normalized spacial score (nSPS) is 11.7. The molecule has 1 aromatic carbocycles. The molecule has 1 heterocycles. The van der Waals surface area contributed by atoms with Gasteiger partial charge in [-0.05, 0) is 24.1 Å². The summed E-state index contributed by atoms with van der Waals surface area (Å²) in [6.07, 6.45) is -4.90. The summed E-state index contributed by atoms with van der Waals surface area (Å²) in [5.74, 6) is -2.59. The van der Waals surface area contributed by atoms with Crippen molar-refractivity contribution in [2.45, 2.75) is 26.6 Å². The van der Waals surface area contributed by atoms with E-state index in [-0.39, 0.29) is 24.0 Å². The molecule has 0 bridgehead atoms. The van der Waals surface area contributed by atoms with Gasteiger partial charge in [0.05, 0.1) is 12.1 Å². The van der Waals surface area contributed by atoms with Crippen LogP contribution in [0.15, 0.2) is 27.8 Å². The molecule has 2 rings (SSSR count). The van der Waals surface area contributed by atoms with Crippen LogP contribution < -0.4 is 22.3 Å². The Bertz CT molecular complexity index is 1050. The van der Waals surface area contributed by atoms with Crippen molar-refractivity contribution in [3.05, 3.63) is 56.0 Å². The van der Waals surface area contributed by atoms with Crippen LogP contribution in [0, 0.1) is 11.7 Å². The highest BCUT2D eigenvalue weighted by Crippen LogP contribution is 2.32. The fourth-order valence-corrected chi connectivity index (χ4v) is 2.71. The van der Waals surface area contributed by atoms with E-state index in [4.69, 9.17) is 5.73 Å². The first-order valence-electron chi connectivity index (χ1n) is 8.57. The average molecular weight is 416 g/mol. The third-order valence-electron chi connectivity index (χ3n) is 4.13. The molecule has 1 aromatic heterocycles. The van der Waals surface area contributed by atoms with E-state index in [9.17, 15) is 31.9 Å². The number of hydrogen-bond acceptors (Lipinski definition) is 5. The molecule has 0 saturated carbocycles. The van der Waals surface area contributed by atoms with Gasteiger partial charge < -0.3 is 11.1 Å². The minimum atomic E-state index is -4.90. The Balaban J connectivity index is 2.36. The fourth-order valence-electron chi connectivity index (χ4n) is 2.71. The van der Waals surface area contributed by atoms with Gasteiger partial charge in [-0.1, -0.05) is 13.8 Å². The van der Waals surface area contributed by atoms with E-state index >= 15 is 0 Å². The number of benzene rings is 1. The molecule has 0 atom stereocenters. The summed E-state index contributed by atoms with van der Waals surface area (Å²) in [6, 6.07) is 2.16. The molecular weight excluding hydrogens is 396 g/mol. The molecule has 0 amide bonds. The quantitative estimate of drug-likeness (QED) is 0.556. The second-order valence-electron chi connectivity index (χ2n) is 6.88. The first-order chi connectivity index (χ1) is 13.3. The van der Waals surface area contributed by atoms with Crippen LogP contribution in [0.4, 0.5) is 29.1 Å². The molecule has 7 nitrogen and oxygen atoms in total. The molecule has 2 aromatic rings. The van der Waals surface area contributed by atoms with Crippen molar-refractivity contribution in [1.29, 1.82) is 0 Å². The Morgan fingerprint density at radius 3 is 2.41 bits per heavy atom. The zero-order valence-corrected chi connectivity index (χ0v) is 15.9. The summed E-state index contributed by atoms with van der Waals surface area (Å²) in [7, 11) is 1.20. The van der Waals surface area contributed by atoms with Crippen LogP contribution in [0.1, 0.15) is 29.8 Å². The van der Waals surface area contributed by atoms with E-state index in [2.05, 4.69) is 5.32 Å². The number of nitrogens with zero attached hydrogens (tertiary/aromatic N) is 2. The predicted molar refractivity (Wildman–Crippen MR) is 99.4 cm³/mol. The summed E-state index contributed by atoms with van der Waals surface area (Å²) in [5.41, 5.74) is 2.18. The van der Waals surface area contributed by atoms with Gasteiger partial charge in [-0.15, -0.1) is 0 Å². The Morgan fingerprint density at radius 2 is 1.86 bits per heavy atom. The first-order valence-corrected chi connectivity index (χ1v) is 8.57. The number of halogens is 4. The van der Waals surface area contributed by atoms with Crippen LogP contribution in [0.2, 0.25) is 0 Å². The van der Waals surface area contributed by atoms with Crippen molar-refractivity contribution in [2.75, 3.05) is 17.6 Å². The largest absolute Gasteiger partial charge is 0.419 e. The topological polar surface area (TPSA) is 99.1 Å². The number of rotatable bonds is 6. The van der Waals surface area contributed by atoms with Crippen molar-refractivity contribution in [1.82, 2.24) is 9.13 Å². The Morgan fingerprint density at radius 1 is 1.24 bits per heavy atom. The van der Waals surface area contributed by atoms with Crippen molar-refractivity contribution in [3.8, 4) is 0 Å². The molecule has 0 radical (unpaired) electrons. The van der Waals surface area contributed by atoms with Gasteiger partial charge in [-0.2, -0.15) is 13.2 Å². The summed E-state index contributed by atoms with van der Waals surface area (Å²) < 4.78 is 53.6. The first kappa shape index (κ1) is 22.2. The molecule has 0 aliphatic carbocycles. The number of Topliss-reactive ketones (excluding diaryl/α,β-unsaturated/α-hetero) is 1. The van der Waals surface area contributed by atoms with E-state index in [0.29, 0.717) is 12.1 Å². The molecule has 0 aliphatic rings. The molecule has 29 heavy (non-hydrogen) atoms. The molecule has 0 unspecified atom stereocenters. The highest BCUT2D eigenvalue weighted by atomic mass is 19.4. The van der Waals surface area contributed by atoms with E-state index in [1.165, 1.54) is 7.05 Å². The molecular formula is C18H20F4N4O3. The van der Waals surface area contributed by atoms with Crippen LogP contribution in [-0.4, -0.2) is 21.5 Å². The lowest BCUT2D eigenvalue weighted by molar-refractivity contribution is -0.139. The number of hydrogen-bond donors (Lipinski definition) is 2. The number of nitrogens with one attached hydrogen (secondary N) is 1. The second kappa shape index (κ2) is 8.10. The average Bonchev–Trinajstić information content (AvgIpc) is 2.62. The molecule has 0 fully saturated rings. The van der Waals surface area contributed by atoms with Gasteiger partial charge in [-0.3, -0.25) is 18.7 Å². The maximum atomic E-state index is 13.4. The van der Waals surface area contributed by atoms with Crippen LogP contribution >= 0.6 is 0 Å². The fraction of sp³-hybridized carbons (Fsp3) is 0.389. The highest BCUT2D eigenvalue weighted by Gasteiger charge is 2.34. The smallest absolute Gasteiger partial charge is 0.384 e. The van der Waals surface area contributed by atoms with E-state index in [1.54, 1.807) is 0 Å². The maximum Gasteiger partial charge on any atom is 0.419 e. The molecule has 3 N–H and O–H groups in total. The second-order valence-corrected chi connectivity index (χ2v) is 6.88. The van der Waals surface area contributed by atoms with Crippen molar-refractivity contribution >= 4 is 17.3 Å². The van der Waals surface area contributed by atoms with E-state index in [1.807, 2.05) is 13.8 Å². The highest BCUT2D eigenvalue weighted by molar-refractivity contribution is 6.02. The minimum absolute atomic E-state index is 0.00594. The monoisotopic (exact) mass is 416 g/mol. The zero-order valence-electron chi connectivity index (χ0n) is 15.9. The van der Waals surface area contributed by atoms with Crippen LogP contribution in [0.3, 0.4) is 0 Å². The molecule has 0 aliphatic heterocycles. The Hall–Kier alpha value is -3.11. The van der Waals surface area contributed by atoms with Crippen molar-refractivity contribution in [2.24, 2.45) is 13.0 Å². The number of anilines is 2. The lowest BCUT2D eigenvalue weighted by atomic mass is 10.1. The number of alkyl halides is 3. The summed E-state index contributed by atoms with van der Waals surface area (Å²) >= 11 is 0. The van der Waals surface area contributed by atoms with E-state index < -0.39 is 46.7 Å². The Kier molecular flexibility index (Phi) is 6.19. The number of carbonyl (C=O) groups is 1. The van der Waals surface area contributed by atoms with Gasteiger partial charge in [0.15, 0.2) is 5.78 Å². The summed E-state index contributed by atoms with van der Waals surface area (Å²) in [4.78, 5) is 37.1. The van der Waals surface area contributed by atoms with Gasteiger partial charge in [0.1, 0.15) is 17.2 Å². The lowest BCUT2D eigenvalue weighted by Crippen LogP contribution is -2.43. The van der Waals surface area contributed by atoms with Crippen LogP contribution in [-0.2, 0) is 19.8 Å². The molecule has 0 saturated heterocycles. The number of ketones is 1. The molecule has 0 spiro atoms.